The third kappa shape index (κ3) is 5.69. The average molecular weight is 870 g/mol. The lowest BCUT2D eigenvalue weighted by Gasteiger charge is -2.34. The molecule has 0 spiro atoms. The Hall–Kier alpha value is -8.00. The van der Waals surface area contributed by atoms with Crippen molar-refractivity contribution in [3.05, 3.63) is 281 Å². The van der Waals surface area contributed by atoms with E-state index in [0.29, 0.717) is 0 Å². The summed E-state index contributed by atoms with van der Waals surface area (Å²) in [6.45, 7) is 9.49. The number of rotatable bonds is 7. The predicted octanol–water partition coefficient (Wildman–Crippen LogP) is 17.5. The van der Waals surface area contributed by atoms with Crippen LogP contribution in [0.2, 0.25) is 0 Å². The third-order valence-electron chi connectivity index (χ3n) is 15.8. The van der Waals surface area contributed by atoms with Crippen LogP contribution in [-0.2, 0) is 16.2 Å². The largest absolute Gasteiger partial charge is 0.310 e. The fourth-order valence-electron chi connectivity index (χ4n) is 12.6. The smallest absolute Gasteiger partial charge is 0.0713 e. The van der Waals surface area contributed by atoms with Crippen LogP contribution >= 0.6 is 0 Å². The molecule has 0 heterocycles. The highest BCUT2D eigenvalue weighted by Gasteiger charge is 2.46. The van der Waals surface area contributed by atoms with E-state index in [1.54, 1.807) is 0 Å². The van der Waals surface area contributed by atoms with E-state index < -0.39 is 5.41 Å². The molecule has 3 aliphatic rings. The summed E-state index contributed by atoms with van der Waals surface area (Å²) in [6.07, 6.45) is 0. The molecule has 0 unspecified atom stereocenters. The number of hydrogen-bond acceptors (Lipinski definition) is 1. The summed E-state index contributed by atoms with van der Waals surface area (Å²) in [7, 11) is 0. The Balaban J connectivity index is 0.985. The van der Waals surface area contributed by atoms with Crippen LogP contribution in [0.5, 0.6) is 0 Å². The first kappa shape index (κ1) is 40.3. The standard InChI is InChI=1S/C67H51N/c1-65(2)58-30-16-13-27-56(58)64-55(28-19-32-60(64)65)54-26-14-18-33-63(54)68(49-39-41-52-50-24-11-15-29-57(50)66(3,4)61(52)43-49)48-37-34-44(35-38-48)45-36-40-53-51-25-12-17-31-59(51)67(62(53)42-45,46-20-7-5-8-21-46)47-22-9-6-10-23-47/h5-43H,1-4H3. The van der Waals surface area contributed by atoms with Crippen molar-refractivity contribution in [1.29, 1.82) is 0 Å². The molecule has 3 aliphatic carbocycles. The number of anilines is 3. The number of fused-ring (bicyclic) bond motifs is 9. The maximum absolute atomic E-state index is 2.50. The highest BCUT2D eigenvalue weighted by molar-refractivity contribution is 5.99. The summed E-state index contributed by atoms with van der Waals surface area (Å²) in [6, 6.07) is 88.6. The highest BCUT2D eigenvalue weighted by Crippen LogP contribution is 2.58. The Labute approximate surface area is 400 Å². The molecule has 0 bridgehead atoms. The molecule has 10 aromatic carbocycles. The van der Waals surface area contributed by atoms with Gasteiger partial charge in [0.2, 0.25) is 0 Å². The predicted molar refractivity (Wildman–Crippen MR) is 284 cm³/mol. The van der Waals surface area contributed by atoms with Gasteiger partial charge < -0.3 is 4.90 Å². The van der Waals surface area contributed by atoms with Crippen LogP contribution in [0.25, 0.3) is 55.6 Å². The Bertz CT molecular complexity index is 3570. The van der Waals surface area contributed by atoms with Gasteiger partial charge in [-0.25, -0.2) is 0 Å². The van der Waals surface area contributed by atoms with Crippen LogP contribution in [0, 0.1) is 0 Å². The van der Waals surface area contributed by atoms with Crippen molar-refractivity contribution in [2.75, 3.05) is 4.90 Å². The minimum atomic E-state index is -0.459. The van der Waals surface area contributed by atoms with Gasteiger partial charge in [-0.2, -0.15) is 0 Å². The van der Waals surface area contributed by atoms with Gasteiger partial charge in [-0.1, -0.05) is 228 Å². The minimum Gasteiger partial charge on any atom is -0.310 e. The van der Waals surface area contributed by atoms with Crippen LogP contribution in [0.15, 0.2) is 237 Å². The molecule has 0 radical (unpaired) electrons. The third-order valence-corrected chi connectivity index (χ3v) is 15.8. The summed E-state index contributed by atoms with van der Waals surface area (Å²) in [4.78, 5) is 2.50. The SMILES string of the molecule is CC1(C)c2ccccc2-c2ccc(N(c3ccc(-c4ccc5c(c4)C(c4ccccc4)(c4ccccc4)c4ccccc4-5)cc3)c3ccccc3-c3cccc4c3-c3ccccc3C4(C)C)cc21. The Morgan fingerprint density at radius 1 is 0.279 bits per heavy atom. The lowest BCUT2D eigenvalue weighted by Crippen LogP contribution is -2.28. The first-order valence-electron chi connectivity index (χ1n) is 24.1. The van der Waals surface area contributed by atoms with Crippen molar-refractivity contribution in [3.63, 3.8) is 0 Å². The molecule has 1 heteroatoms. The molecule has 0 saturated heterocycles. The molecule has 0 aromatic heterocycles. The number of nitrogens with zero attached hydrogens (tertiary/aromatic N) is 1. The molecule has 68 heavy (non-hydrogen) atoms. The molecule has 10 aromatic rings. The van der Waals surface area contributed by atoms with Gasteiger partial charge in [0.1, 0.15) is 0 Å². The summed E-state index contributed by atoms with van der Waals surface area (Å²) in [5.41, 5.74) is 26.1. The van der Waals surface area contributed by atoms with Crippen LogP contribution in [0.4, 0.5) is 17.1 Å². The van der Waals surface area contributed by atoms with E-state index in [0.717, 1.165) is 17.1 Å². The minimum absolute atomic E-state index is 0.102. The van der Waals surface area contributed by atoms with Crippen LogP contribution in [-0.4, -0.2) is 0 Å². The monoisotopic (exact) mass is 869 g/mol. The molecule has 324 valence electrons. The van der Waals surface area contributed by atoms with Crippen molar-refractivity contribution in [2.45, 2.75) is 43.9 Å². The van der Waals surface area contributed by atoms with Crippen molar-refractivity contribution in [2.24, 2.45) is 0 Å². The van der Waals surface area contributed by atoms with Gasteiger partial charge in [-0.05, 0) is 131 Å². The van der Waals surface area contributed by atoms with Gasteiger partial charge >= 0.3 is 0 Å². The normalized spacial score (nSPS) is 14.8. The van der Waals surface area contributed by atoms with Gasteiger partial charge in [0.05, 0.1) is 11.1 Å². The van der Waals surface area contributed by atoms with Gasteiger partial charge in [-0.15, -0.1) is 0 Å². The first-order chi connectivity index (χ1) is 33.3. The fourth-order valence-corrected chi connectivity index (χ4v) is 12.6. The van der Waals surface area contributed by atoms with E-state index in [-0.39, 0.29) is 10.8 Å². The fraction of sp³-hybridized carbons (Fsp3) is 0.104. The lowest BCUT2D eigenvalue weighted by molar-refractivity contribution is 0.660. The molecule has 0 atom stereocenters. The van der Waals surface area contributed by atoms with Crippen LogP contribution < -0.4 is 4.90 Å². The molecule has 13 rings (SSSR count). The van der Waals surface area contributed by atoms with E-state index >= 15 is 0 Å². The zero-order chi connectivity index (χ0) is 45.8. The van der Waals surface area contributed by atoms with E-state index in [1.807, 2.05) is 0 Å². The van der Waals surface area contributed by atoms with E-state index in [9.17, 15) is 0 Å². The summed E-state index contributed by atoms with van der Waals surface area (Å²) >= 11 is 0. The second kappa shape index (κ2) is 15.0. The van der Waals surface area contributed by atoms with E-state index in [4.69, 9.17) is 0 Å². The van der Waals surface area contributed by atoms with Gasteiger partial charge in [0, 0.05) is 27.8 Å². The molecular formula is C67H51N. The second-order valence-corrected chi connectivity index (χ2v) is 20.0. The topological polar surface area (TPSA) is 3.24 Å². The summed E-state index contributed by atoms with van der Waals surface area (Å²) in [5, 5.41) is 0. The second-order valence-electron chi connectivity index (χ2n) is 20.0. The zero-order valence-electron chi connectivity index (χ0n) is 39.0. The van der Waals surface area contributed by atoms with Crippen molar-refractivity contribution >= 4 is 17.1 Å². The number of para-hydroxylation sites is 1. The molecule has 0 N–H and O–H groups in total. The van der Waals surface area contributed by atoms with Crippen molar-refractivity contribution in [3.8, 4) is 55.6 Å². The quantitative estimate of drug-likeness (QED) is 0.154. The van der Waals surface area contributed by atoms with Gasteiger partial charge in [-0.3, -0.25) is 0 Å². The lowest BCUT2D eigenvalue weighted by atomic mass is 9.67. The summed E-state index contributed by atoms with van der Waals surface area (Å²) < 4.78 is 0. The Morgan fingerprint density at radius 2 is 0.735 bits per heavy atom. The zero-order valence-corrected chi connectivity index (χ0v) is 39.0. The molecule has 0 saturated carbocycles. The summed E-state index contributed by atoms with van der Waals surface area (Å²) in [5.74, 6) is 0. The van der Waals surface area contributed by atoms with Crippen molar-refractivity contribution < 1.29 is 0 Å². The highest BCUT2D eigenvalue weighted by atomic mass is 15.1. The molecule has 0 fully saturated rings. The van der Waals surface area contributed by atoms with Gasteiger partial charge in [0.25, 0.3) is 0 Å². The number of hydrogen-bond donors (Lipinski definition) is 0. The Kier molecular flexibility index (Phi) is 8.89. The van der Waals surface area contributed by atoms with E-state index in [1.165, 1.54) is 100 Å². The Morgan fingerprint density at radius 3 is 1.43 bits per heavy atom. The van der Waals surface area contributed by atoms with Gasteiger partial charge in [0.15, 0.2) is 0 Å². The van der Waals surface area contributed by atoms with Crippen molar-refractivity contribution in [1.82, 2.24) is 0 Å². The maximum atomic E-state index is 2.50. The molecule has 0 amide bonds. The molecule has 0 aliphatic heterocycles. The van der Waals surface area contributed by atoms with E-state index in [2.05, 4.69) is 269 Å². The first-order valence-corrected chi connectivity index (χ1v) is 24.1. The maximum Gasteiger partial charge on any atom is 0.0713 e. The molecular weight excluding hydrogens is 819 g/mol. The van der Waals surface area contributed by atoms with Crippen LogP contribution in [0.1, 0.15) is 72.2 Å². The average Bonchev–Trinajstić information content (AvgIpc) is 3.92. The molecule has 1 nitrogen and oxygen atoms in total. The number of benzene rings is 10. The van der Waals surface area contributed by atoms with Crippen LogP contribution in [0.3, 0.4) is 0 Å².